The van der Waals surface area contributed by atoms with Crippen molar-refractivity contribution in [1.82, 2.24) is 15.1 Å². The number of aromatic nitrogens is 2. The molecule has 110 valence electrons. The number of nitro groups is 1. The second kappa shape index (κ2) is 6.00. The molecule has 8 nitrogen and oxygen atoms in total. The lowest BCUT2D eigenvalue weighted by atomic mass is 9.85. The molecule has 0 unspecified atom stereocenters. The molecule has 1 saturated carbocycles. The SMILES string of the molecule is O=C(Cn1ccc([N+](=O)[O-])n1)NCC1(O)CCCCC1. The van der Waals surface area contributed by atoms with Crippen molar-refractivity contribution in [2.24, 2.45) is 0 Å². The zero-order valence-corrected chi connectivity index (χ0v) is 11.1. The molecule has 0 radical (unpaired) electrons. The average molecular weight is 282 g/mol. The molecule has 1 aromatic heterocycles. The van der Waals surface area contributed by atoms with E-state index in [1.165, 1.54) is 16.9 Å². The quantitative estimate of drug-likeness (QED) is 0.607. The van der Waals surface area contributed by atoms with E-state index in [1.807, 2.05) is 0 Å². The minimum absolute atomic E-state index is 0.0933. The van der Waals surface area contributed by atoms with Crippen LogP contribution >= 0.6 is 0 Å². The van der Waals surface area contributed by atoms with Crippen LogP contribution in [-0.2, 0) is 11.3 Å². The molecule has 8 heteroatoms. The van der Waals surface area contributed by atoms with Gasteiger partial charge in [0.1, 0.15) is 6.54 Å². The van der Waals surface area contributed by atoms with Crippen LogP contribution in [0.25, 0.3) is 0 Å². The standard InChI is InChI=1S/C12H18N4O4/c17-11(8-15-7-4-10(14-15)16(19)20)13-9-12(18)5-2-1-3-6-12/h4,7,18H,1-3,5-6,8-9H2,(H,13,17). The molecular weight excluding hydrogens is 264 g/mol. The monoisotopic (exact) mass is 282 g/mol. The predicted molar refractivity (Wildman–Crippen MR) is 69.9 cm³/mol. The number of rotatable bonds is 5. The molecule has 0 atom stereocenters. The molecule has 2 rings (SSSR count). The summed E-state index contributed by atoms with van der Waals surface area (Å²) in [6.07, 6.45) is 5.83. The van der Waals surface area contributed by atoms with Gasteiger partial charge in [0.25, 0.3) is 0 Å². The van der Waals surface area contributed by atoms with E-state index in [0.29, 0.717) is 12.8 Å². The average Bonchev–Trinajstić information content (AvgIpc) is 2.86. The van der Waals surface area contributed by atoms with Crippen LogP contribution in [0, 0.1) is 10.1 Å². The van der Waals surface area contributed by atoms with Gasteiger partial charge in [-0.3, -0.25) is 4.79 Å². The highest BCUT2D eigenvalue weighted by molar-refractivity contribution is 5.75. The third-order valence-corrected chi connectivity index (χ3v) is 3.52. The maximum Gasteiger partial charge on any atom is 0.389 e. The van der Waals surface area contributed by atoms with Crippen LogP contribution in [0.1, 0.15) is 32.1 Å². The summed E-state index contributed by atoms with van der Waals surface area (Å²) in [5, 5.41) is 27.0. The number of hydrogen-bond donors (Lipinski definition) is 2. The normalized spacial score (nSPS) is 17.6. The van der Waals surface area contributed by atoms with Crippen LogP contribution < -0.4 is 5.32 Å². The molecule has 20 heavy (non-hydrogen) atoms. The van der Waals surface area contributed by atoms with Crippen LogP contribution in [0.4, 0.5) is 5.82 Å². The summed E-state index contributed by atoms with van der Waals surface area (Å²) in [5.41, 5.74) is -0.815. The van der Waals surface area contributed by atoms with E-state index in [9.17, 15) is 20.0 Å². The third kappa shape index (κ3) is 3.77. The molecule has 1 aromatic rings. The summed E-state index contributed by atoms with van der Waals surface area (Å²) in [7, 11) is 0. The second-order valence-electron chi connectivity index (χ2n) is 5.19. The summed E-state index contributed by atoms with van der Waals surface area (Å²) in [6, 6.07) is 1.24. The number of nitrogens with one attached hydrogen (secondary N) is 1. The van der Waals surface area contributed by atoms with Crippen molar-refractivity contribution in [3.8, 4) is 0 Å². The van der Waals surface area contributed by atoms with Crippen molar-refractivity contribution in [3.63, 3.8) is 0 Å². The van der Waals surface area contributed by atoms with Crippen LogP contribution in [0.15, 0.2) is 12.3 Å². The first-order valence-corrected chi connectivity index (χ1v) is 6.65. The highest BCUT2D eigenvalue weighted by Gasteiger charge is 2.29. The summed E-state index contributed by atoms with van der Waals surface area (Å²) in [4.78, 5) is 21.6. The number of carbonyl (C=O) groups is 1. The first kappa shape index (κ1) is 14.4. The second-order valence-corrected chi connectivity index (χ2v) is 5.19. The first-order chi connectivity index (χ1) is 9.48. The molecule has 0 aliphatic heterocycles. The highest BCUT2D eigenvalue weighted by atomic mass is 16.6. The topological polar surface area (TPSA) is 110 Å². The van der Waals surface area contributed by atoms with Crippen LogP contribution in [0.5, 0.6) is 0 Å². The molecule has 2 N–H and O–H groups in total. The van der Waals surface area contributed by atoms with Crippen molar-refractivity contribution >= 4 is 11.7 Å². The number of nitrogens with zero attached hydrogens (tertiary/aromatic N) is 3. The van der Waals surface area contributed by atoms with E-state index in [4.69, 9.17) is 0 Å². The zero-order valence-electron chi connectivity index (χ0n) is 11.1. The minimum Gasteiger partial charge on any atom is -0.388 e. The van der Waals surface area contributed by atoms with Crippen LogP contribution in [0.2, 0.25) is 0 Å². The van der Waals surface area contributed by atoms with Crippen molar-refractivity contribution in [2.45, 2.75) is 44.2 Å². The van der Waals surface area contributed by atoms with Crippen molar-refractivity contribution in [1.29, 1.82) is 0 Å². The summed E-state index contributed by atoms with van der Waals surface area (Å²) >= 11 is 0. The number of hydrogen-bond acceptors (Lipinski definition) is 5. The Labute approximate surface area is 115 Å². The molecule has 1 aliphatic carbocycles. The summed E-state index contributed by atoms with van der Waals surface area (Å²) in [5.74, 6) is -0.606. The Bertz CT molecular complexity index is 493. The molecule has 0 bridgehead atoms. The van der Waals surface area contributed by atoms with Crippen molar-refractivity contribution < 1.29 is 14.8 Å². The van der Waals surface area contributed by atoms with Gasteiger partial charge >= 0.3 is 5.82 Å². The van der Waals surface area contributed by atoms with Crippen LogP contribution in [-0.4, -0.2) is 37.9 Å². The first-order valence-electron chi connectivity index (χ1n) is 6.65. The van der Waals surface area contributed by atoms with E-state index in [0.717, 1.165) is 19.3 Å². The molecule has 1 amide bonds. The van der Waals surface area contributed by atoms with Gasteiger partial charge in [-0.15, -0.1) is 0 Å². The Balaban J connectivity index is 1.81. The van der Waals surface area contributed by atoms with Gasteiger partial charge in [-0.2, -0.15) is 4.68 Å². The smallest absolute Gasteiger partial charge is 0.388 e. The summed E-state index contributed by atoms with van der Waals surface area (Å²) < 4.78 is 1.21. The Hall–Kier alpha value is -1.96. The Morgan fingerprint density at radius 1 is 1.50 bits per heavy atom. The van der Waals surface area contributed by atoms with Gasteiger partial charge in [0.05, 0.1) is 23.0 Å². The fourth-order valence-electron chi connectivity index (χ4n) is 2.39. The van der Waals surface area contributed by atoms with Gasteiger partial charge in [0.15, 0.2) is 0 Å². The third-order valence-electron chi connectivity index (χ3n) is 3.52. The predicted octanol–water partition coefficient (Wildman–Crippen LogP) is 0.603. The number of aliphatic hydroxyl groups is 1. The molecule has 0 saturated heterocycles. The van der Waals surface area contributed by atoms with Crippen molar-refractivity contribution in [2.75, 3.05) is 6.54 Å². The zero-order chi connectivity index (χ0) is 14.6. The molecular formula is C12H18N4O4. The van der Waals surface area contributed by atoms with Gasteiger partial charge in [-0.1, -0.05) is 19.3 Å². The van der Waals surface area contributed by atoms with E-state index in [2.05, 4.69) is 10.4 Å². The van der Waals surface area contributed by atoms with Crippen molar-refractivity contribution in [3.05, 3.63) is 22.4 Å². The van der Waals surface area contributed by atoms with Gasteiger partial charge in [-0.25, -0.2) is 0 Å². The lowest BCUT2D eigenvalue weighted by Gasteiger charge is -2.32. The molecule has 1 heterocycles. The van der Waals surface area contributed by atoms with E-state index < -0.39 is 10.5 Å². The van der Waals surface area contributed by atoms with Gasteiger partial charge < -0.3 is 20.5 Å². The fraction of sp³-hybridized carbons (Fsp3) is 0.667. The van der Waals surface area contributed by atoms with Crippen LogP contribution in [0.3, 0.4) is 0 Å². The Kier molecular flexibility index (Phi) is 4.33. The van der Waals surface area contributed by atoms with Gasteiger partial charge in [0.2, 0.25) is 5.91 Å². The van der Waals surface area contributed by atoms with Gasteiger partial charge in [0, 0.05) is 6.54 Å². The maximum absolute atomic E-state index is 11.7. The molecule has 1 aliphatic rings. The van der Waals surface area contributed by atoms with Gasteiger partial charge in [-0.05, 0) is 17.8 Å². The maximum atomic E-state index is 11.7. The number of amides is 1. The lowest BCUT2D eigenvalue weighted by molar-refractivity contribution is -0.389. The summed E-state index contributed by atoms with van der Waals surface area (Å²) in [6.45, 7) is 0.124. The fourth-order valence-corrected chi connectivity index (χ4v) is 2.39. The van der Waals surface area contributed by atoms with E-state index in [1.54, 1.807) is 0 Å². The minimum atomic E-state index is -0.815. The largest absolute Gasteiger partial charge is 0.389 e. The molecule has 1 fully saturated rings. The Morgan fingerprint density at radius 3 is 2.80 bits per heavy atom. The van der Waals surface area contributed by atoms with E-state index >= 15 is 0 Å². The Morgan fingerprint density at radius 2 is 2.20 bits per heavy atom. The highest BCUT2D eigenvalue weighted by Crippen LogP contribution is 2.27. The molecule has 0 aromatic carbocycles. The molecule has 0 spiro atoms. The lowest BCUT2D eigenvalue weighted by Crippen LogP contribution is -2.45. The number of carbonyl (C=O) groups excluding carboxylic acids is 1. The van der Waals surface area contributed by atoms with E-state index in [-0.39, 0.29) is 24.8 Å².